The monoisotopic (exact) mass is 334 g/mol. The van der Waals surface area contributed by atoms with E-state index in [-0.39, 0.29) is 29.8 Å². The van der Waals surface area contributed by atoms with E-state index in [0.717, 1.165) is 0 Å². The van der Waals surface area contributed by atoms with Gasteiger partial charge in [0.05, 0.1) is 17.6 Å². The third-order valence-electron chi connectivity index (χ3n) is 7.00. The topological polar surface area (TPSA) is 81.7 Å². The number of hydrogen-bond acceptors (Lipinski definition) is 4. The molecule has 0 aromatic rings. The second-order valence-corrected chi connectivity index (χ2v) is 8.61. The van der Waals surface area contributed by atoms with Crippen molar-refractivity contribution >= 4 is 11.6 Å². The van der Waals surface area contributed by atoms with Crippen LogP contribution < -0.4 is 0 Å². The van der Waals surface area contributed by atoms with Crippen molar-refractivity contribution in [2.24, 2.45) is 39.9 Å². The predicted octanol–water partition coefficient (Wildman–Crippen LogP) is 3.06. The molecule has 0 saturated heterocycles. The fraction of sp³-hybridized carbons (Fsp3) is 0.619. The van der Waals surface area contributed by atoms with Gasteiger partial charge in [0.15, 0.2) is 5.78 Å². The Morgan fingerprint density at radius 3 is 2.32 bits per heavy atom. The third-order valence-corrected chi connectivity index (χ3v) is 7.00. The fourth-order valence-corrected chi connectivity index (χ4v) is 5.73. The van der Waals surface area contributed by atoms with Gasteiger partial charge >= 0.3 is 0 Å². The first-order valence-corrected chi connectivity index (χ1v) is 8.69. The molecule has 0 amide bonds. The van der Waals surface area contributed by atoms with Crippen LogP contribution >= 0.6 is 0 Å². The summed E-state index contributed by atoms with van der Waals surface area (Å²) in [5.74, 6) is 1.18. The van der Waals surface area contributed by atoms with E-state index >= 15 is 0 Å². The third kappa shape index (κ3) is 2.12. The molecule has 3 aliphatic carbocycles. The van der Waals surface area contributed by atoms with E-state index in [4.69, 9.17) is 6.42 Å². The molecule has 3 aliphatic rings. The van der Waals surface area contributed by atoms with Crippen LogP contribution in [0.2, 0.25) is 0 Å². The van der Waals surface area contributed by atoms with Crippen LogP contribution in [0.4, 0.5) is 0 Å². The van der Waals surface area contributed by atoms with Crippen molar-refractivity contribution in [1.29, 1.82) is 10.5 Å². The summed E-state index contributed by atoms with van der Waals surface area (Å²) in [6.45, 7) is 5.84. The summed E-state index contributed by atoms with van der Waals surface area (Å²) in [4.78, 5) is 25.2. The van der Waals surface area contributed by atoms with Gasteiger partial charge in [-0.25, -0.2) is 0 Å². The van der Waals surface area contributed by atoms with E-state index in [2.05, 4.69) is 25.0 Å². The van der Waals surface area contributed by atoms with Crippen LogP contribution in [-0.2, 0) is 9.59 Å². The maximum absolute atomic E-state index is 12.7. The zero-order chi connectivity index (χ0) is 18.6. The molecule has 0 heterocycles. The Balaban J connectivity index is 2.17. The SMILES string of the molecule is C#C[C@@]12C=C[C@H]3C(C)(C)C(=O)C(C#N)C[C@@]3(C)C1CC(=O)C(C#N)C2. The second kappa shape index (κ2) is 5.31. The molecular weight excluding hydrogens is 312 g/mol. The van der Waals surface area contributed by atoms with Crippen LogP contribution in [0.1, 0.15) is 40.0 Å². The van der Waals surface area contributed by atoms with Crippen LogP contribution in [0.15, 0.2) is 12.2 Å². The van der Waals surface area contributed by atoms with Crippen molar-refractivity contribution in [2.45, 2.75) is 40.0 Å². The van der Waals surface area contributed by atoms with Gasteiger partial charge in [-0.3, -0.25) is 9.59 Å². The molecule has 3 rings (SSSR count). The van der Waals surface area contributed by atoms with E-state index in [1.165, 1.54) is 0 Å². The molecule has 0 bridgehead atoms. The largest absolute Gasteiger partial charge is 0.298 e. The van der Waals surface area contributed by atoms with E-state index in [1.54, 1.807) is 0 Å². The molecule has 3 unspecified atom stereocenters. The van der Waals surface area contributed by atoms with Gasteiger partial charge in [-0.1, -0.05) is 38.8 Å². The normalized spacial score (nSPS) is 44.6. The van der Waals surface area contributed by atoms with Crippen molar-refractivity contribution in [3.8, 4) is 24.5 Å². The smallest absolute Gasteiger partial charge is 0.156 e. The molecule has 0 radical (unpaired) electrons. The summed E-state index contributed by atoms with van der Waals surface area (Å²) in [5.41, 5.74) is -1.76. The minimum Gasteiger partial charge on any atom is -0.298 e. The van der Waals surface area contributed by atoms with Gasteiger partial charge < -0.3 is 0 Å². The first-order chi connectivity index (χ1) is 11.7. The summed E-state index contributed by atoms with van der Waals surface area (Å²) >= 11 is 0. The molecule has 128 valence electrons. The lowest BCUT2D eigenvalue weighted by Crippen LogP contribution is -2.60. The molecule has 2 fully saturated rings. The van der Waals surface area contributed by atoms with Gasteiger partial charge in [0.1, 0.15) is 17.6 Å². The molecule has 4 heteroatoms. The van der Waals surface area contributed by atoms with E-state index < -0.39 is 28.1 Å². The number of carbonyl (C=O) groups is 2. The molecule has 0 N–H and O–H groups in total. The van der Waals surface area contributed by atoms with Crippen LogP contribution in [0, 0.1) is 74.9 Å². The van der Waals surface area contributed by atoms with Gasteiger partial charge in [-0.05, 0) is 30.1 Å². The van der Waals surface area contributed by atoms with E-state index in [9.17, 15) is 20.1 Å². The number of Topliss-reactive ketones (excluding diaryl/α,β-unsaturated/α-hetero) is 2. The molecule has 25 heavy (non-hydrogen) atoms. The lowest BCUT2D eigenvalue weighted by Gasteiger charge is -2.60. The highest BCUT2D eigenvalue weighted by molar-refractivity contribution is 5.90. The van der Waals surface area contributed by atoms with Gasteiger partial charge in [-0.2, -0.15) is 10.5 Å². The summed E-state index contributed by atoms with van der Waals surface area (Å²) in [6.07, 6.45) is 10.9. The number of nitriles is 2. The standard InChI is InChI=1S/C21H22N2O2/c1-5-21-7-6-16-19(2,3)18(25)14(12-23)9-20(16,4)17(21)8-15(24)13(10-21)11-22/h1,6-7,13-14,16-17H,8-10H2,2-4H3/t13?,14?,16-,17?,20+,21-/m0/s1. The minimum absolute atomic E-state index is 0.0348. The first-order valence-electron chi connectivity index (χ1n) is 8.69. The number of rotatable bonds is 0. The summed E-state index contributed by atoms with van der Waals surface area (Å²) in [5, 5.41) is 18.8. The second-order valence-electron chi connectivity index (χ2n) is 8.61. The lowest BCUT2D eigenvalue weighted by atomic mass is 9.41. The van der Waals surface area contributed by atoms with Gasteiger partial charge in [0.2, 0.25) is 0 Å². The zero-order valence-corrected chi connectivity index (χ0v) is 14.9. The molecule has 0 aromatic heterocycles. The number of fused-ring (bicyclic) bond motifs is 3. The highest BCUT2D eigenvalue weighted by atomic mass is 16.1. The number of nitrogens with zero attached hydrogens (tertiary/aromatic N) is 2. The minimum atomic E-state index is -0.681. The Hall–Kier alpha value is -2.38. The zero-order valence-electron chi connectivity index (χ0n) is 14.9. The Morgan fingerprint density at radius 1 is 1.12 bits per heavy atom. The van der Waals surface area contributed by atoms with Crippen molar-refractivity contribution in [1.82, 2.24) is 0 Å². The van der Waals surface area contributed by atoms with E-state index in [0.29, 0.717) is 12.8 Å². The van der Waals surface area contributed by atoms with Crippen molar-refractivity contribution in [3.63, 3.8) is 0 Å². The highest BCUT2D eigenvalue weighted by Gasteiger charge is 2.63. The van der Waals surface area contributed by atoms with Crippen LogP contribution in [0.25, 0.3) is 0 Å². The molecular formula is C21H22N2O2. The maximum atomic E-state index is 12.7. The Labute approximate surface area is 148 Å². The number of terminal acetylenes is 1. The predicted molar refractivity (Wildman–Crippen MR) is 91.3 cm³/mol. The fourth-order valence-electron chi connectivity index (χ4n) is 5.73. The van der Waals surface area contributed by atoms with Crippen LogP contribution in [-0.4, -0.2) is 11.6 Å². The maximum Gasteiger partial charge on any atom is 0.156 e. The molecule has 6 atom stereocenters. The summed E-state index contributed by atoms with van der Waals surface area (Å²) in [6, 6.07) is 4.25. The molecule has 0 aliphatic heterocycles. The number of allylic oxidation sites excluding steroid dienone is 2. The average Bonchev–Trinajstić information content (AvgIpc) is 2.58. The molecule has 0 aromatic carbocycles. The lowest BCUT2D eigenvalue weighted by molar-refractivity contribution is -0.152. The van der Waals surface area contributed by atoms with Gasteiger partial charge in [-0.15, -0.1) is 6.42 Å². The molecule has 0 spiro atoms. The van der Waals surface area contributed by atoms with Gasteiger partial charge in [0.25, 0.3) is 0 Å². The van der Waals surface area contributed by atoms with Gasteiger partial charge in [0, 0.05) is 11.8 Å². The van der Waals surface area contributed by atoms with E-state index in [1.807, 2.05) is 26.0 Å². The Morgan fingerprint density at radius 2 is 1.76 bits per heavy atom. The quantitative estimate of drug-likeness (QED) is 0.503. The van der Waals surface area contributed by atoms with Crippen LogP contribution in [0.3, 0.4) is 0 Å². The number of carbonyl (C=O) groups excluding carboxylic acids is 2. The highest BCUT2D eigenvalue weighted by Crippen LogP contribution is 2.65. The van der Waals surface area contributed by atoms with Crippen molar-refractivity contribution in [3.05, 3.63) is 12.2 Å². The average molecular weight is 334 g/mol. The van der Waals surface area contributed by atoms with Crippen molar-refractivity contribution in [2.75, 3.05) is 0 Å². The molecule has 2 saturated carbocycles. The summed E-state index contributed by atoms with van der Waals surface area (Å²) < 4.78 is 0. The molecule has 4 nitrogen and oxygen atoms in total. The van der Waals surface area contributed by atoms with Crippen molar-refractivity contribution < 1.29 is 9.59 Å². The number of ketones is 2. The Bertz CT molecular complexity index is 803. The Kier molecular flexibility index (Phi) is 3.70. The number of hydrogen-bond donors (Lipinski definition) is 0. The first kappa shape index (κ1) is 17.4. The summed E-state index contributed by atoms with van der Waals surface area (Å²) in [7, 11) is 0. The van der Waals surface area contributed by atoms with Crippen LogP contribution in [0.5, 0.6) is 0 Å².